The zero-order valence-electron chi connectivity index (χ0n) is 11.8. The Hall–Kier alpha value is -1.91. The van der Waals surface area contributed by atoms with E-state index in [0.717, 1.165) is 13.0 Å². The Kier molecular flexibility index (Phi) is 5.31. The van der Waals surface area contributed by atoms with E-state index < -0.39 is 0 Å². The SMILES string of the molecule is Cc1ccc(CCNCc2cc(Cl)ccc2[N+](=O)[O-])cc1. The van der Waals surface area contributed by atoms with Gasteiger partial charge in [-0.25, -0.2) is 0 Å². The molecule has 0 saturated heterocycles. The highest BCUT2D eigenvalue weighted by atomic mass is 35.5. The van der Waals surface area contributed by atoms with Crippen LogP contribution in [0.15, 0.2) is 42.5 Å². The van der Waals surface area contributed by atoms with Gasteiger partial charge in [0.05, 0.1) is 4.92 Å². The molecular weight excluding hydrogens is 288 g/mol. The Morgan fingerprint density at radius 2 is 1.90 bits per heavy atom. The molecule has 0 aliphatic rings. The topological polar surface area (TPSA) is 55.2 Å². The third-order valence-electron chi connectivity index (χ3n) is 3.26. The van der Waals surface area contributed by atoms with E-state index in [9.17, 15) is 10.1 Å². The van der Waals surface area contributed by atoms with Crippen molar-refractivity contribution in [3.63, 3.8) is 0 Å². The second-order valence-corrected chi connectivity index (χ2v) is 5.38. The fourth-order valence-corrected chi connectivity index (χ4v) is 2.28. The standard InChI is InChI=1S/C16H17ClN2O2/c1-12-2-4-13(5-3-12)8-9-18-11-14-10-15(17)6-7-16(14)19(20)21/h2-7,10,18H,8-9,11H2,1H3. The molecule has 0 fully saturated rings. The molecule has 0 unspecified atom stereocenters. The van der Waals surface area contributed by atoms with Crippen LogP contribution in [0.5, 0.6) is 0 Å². The molecule has 5 heteroatoms. The van der Waals surface area contributed by atoms with Gasteiger partial charge in [0.1, 0.15) is 0 Å². The van der Waals surface area contributed by atoms with Gasteiger partial charge in [-0.1, -0.05) is 41.4 Å². The maximum Gasteiger partial charge on any atom is 0.273 e. The number of hydrogen-bond donors (Lipinski definition) is 1. The van der Waals surface area contributed by atoms with E-state index in [1.807, 2.05) is 0 Å². The summed E-state index contributed by atoms with van der Waals surface area (Å²) in [7, 11) is 0. The first-order valence-electron chi connectivity index (χ1n) is 6.75. The minimum atomic E-state index is -0.382. The molecular formula is C16H17ClN2O2. The van der Waals surface area contributed by atoms with Crippen LogP contribution in [0.4, 0.5) is 5.69 Å². The molecule has 0 atom stereocenters. The highest BCUT2D eigenvalue weighted by molar-refractivity contribution is 6.30. The van der Waals surface area contributed by atoms with Gasteiger partial charge in [-0.2, -0.15) is 0 Å². The van der Waals surface area contributed by atoms with E-state index >= 15 is 0 Å². The van der Waals surface area contributed by atoms with Crippen LogP contribution in [0.2, 0.25) is 5.02 Å². The van der Waals surface area contributed by atoms with Crippen LogP contribution >= 0.6 is 11.6 Å². The monoisotopic (exact) mass is 304 g/mol. The lowest BCUT2D eigenvalue weighted by molar-refractivity contribution is -0.385. The smallest absolute Gasteiger partial charge is 0.273 e. The van der Waals surface area contributed by atoms with Gasteiger partial charge in [-0.05, 0) is 37.6 Å². The molecule has 0 aliphatic heterocycles. The van der Waals surface area contributed by atoms with Crippen LogP contribution in [0, 0.1) is 17.0 Å². The van der Waals surface area contributed by atoms with Gasteiger partial charge >= 0.3 is 0 Å². The van der Waals surface area contributed by atoms with Gasteiger partial charge < -0.3 is 5.32 Å². The van der Waals surface area contributed by atoms with E-state index in [-0.39, 0.29) is 10.6 Å². The predicted molar refractivity (Wildman–Crippen MR) is 84.7 cm³/mol. The minimum Gasteiger partial charge on any atom is -0.312 e. The van der Waals surface area contributed by atoms with Crippen molar-refractivity contribution in [3.05, 3.63) is 74.3 Å². The molecule has 0 spiro atoms. The predicted octanol–water partition coefficient (Wildman–Crippen LogP) is 3.89. The van der Waals surface area contributed by atoms with Crippen LogP contribution in [0.1, 0.15) is 16.7 Å². The Labute approximate surface area is 128 Å². The van der Waals surface area contributed by atoms with Gasteiger partial charge in [-0.15, -0.1) is 0 Å². The van der Waals surface area contributed by atoms with Crippen LogP contribution in [-0.4, -0.2) is 11.5 Å². The number of rotatable bonds is 6. The van der Waals surface area contributed by atoms with Crippen molar-refractivity contribution in [3.8, 4) is 0 Å². The maximum atomic E-state index is 11.0. The summed E-state index contributed by atoms with van der Waals surface area (Å²) in [5.74, 6) is 0. The number of nitrogens with one attached hydrogen (secondary N) is 1. The van der Waals surface area contributed by atoms with Gasteiger partial charge in [0, 0.05) is 23.2 Å². The van der Waals surface area contributed by atoms with Crippen molar-refractivity contribution in [1.82, 2.24) is 5.32 Å². The quantitative estimate of drug-likeness (QED) is 0.500. The van der Waals surface area contributed by atoms with Gasteiger partial charge in [-0.3, -0.25) is 10.1 Å². The van der Waals surface area contributed by atoms with Crippen molar-refractivity contribution in [2.45, 2.75) is 19.9 Å². The highest BCUT2D eigenvalue weighted by Gasteiger charge is 2.13. The Morgan fingerprint density at radius 3 is 2.57 bits per heavy atom. The molecule has 4 nitrogen and oxygen atoms in total. The lowest BCUT2D eigenvalue weighted by Gasteiger charge is -2.07. The van der Waals surface area contributed by atoms with Crippen LogP contribution in [0.25, 0.3) is 0 Å². The molecule has 0 radical (unpaired) electrons. The number of aryl methyl sites for hydroxylation is 1. The average Bonchev–Trinajstić information content (AvgIpc) is 2.45. The molecule has 0 heterocycles. The van der Waals surface area contributed by atoms with Crippen LogP contribution < -0.4 is 5.32 Å². The fourth-order valence-electron chi connectivity index (χ4n) is 2.08. The first-order chi connectivity index (χ1) is 10.1. The second-order valence-electron chi connectivity index (χ2n) is 4.94. The Balaban J connectivity index is 1.90. The van der Waals surface area contributed by atoms with E-state index in [0.29, 0.717) is 17.1 Å². The zero-order chi connectivity index (χ0) is 15.2. The van der Waals surface area contributed by atoms with Crippen LogP contribution in [0.3, 0.4) is 0 Å². The summed E-state index contributed by atoms with van der Waals surface area (Å²) in [6.45, 7) is 3.25. The number of hydrogen-bond acceptors (Lipinski definition) is 3. The molecule has 2 rings (SSSR count). The number of nitro groups is 1. The van der Waals surface area contributed by atoms with E-state index in [4.69, 9.17) is 11.6 Å². The molecule has 2 aromatic carbocycles. The molecule has 2 aromatic rings. The van der Waals surface area contributed by atoms with Gasteiger partial charge in [0.15, 0.2) is 0 Å². The molecule has 0 aliphatic carbocycles. The summed E-state index contributed by atoms with van der Waals surface area (Å²) in [6, 6.07) is 13.0. The lowest BCUT2D eigenvalue weighted by Crippen LogP contribution is -2.17. The second kappa shape index (κ2) is 7.20. The molecule has 0 saturated carbocycles. The van der Waals surface area contributed by atoms with Crippen LogP contribution in [-0.2, 0) is 13.0 Å². The normalized spacial score (nSPS) is 10.6. The average molecular weight is 305 g/mol. The number of benzene rings is 2. The summed E-state index contributed by atoms with van der Waals surface area (Å²) < 4.78 is 0. The fraction of sp³-hybridized carbons (Fsp3) is 0.250. The minimum absolute atomic E-state index is 0.0993. The molecule has 0 amide bonds. The van der Waals surface area contributed by atoms with E-state index in [1.165, 1.54) is 23.3 Å². The molecule has 0 aromatic heterocycles. The largest absolute Gasteiger partial charge is 0.312 e. The summed E-state index contributed by atoms with van der Waals surface area (Å²) in [5.41, 5.74) is 3.19. The van der Waals surface area contributed by atoms with Gasteiger partial charge in [0.25, 0.3) is 5.69 Å². The molecule has 1 N–H and O–H groups in total. The zero-order valence-corrected chi connectivity index (χ0v) is 12.6. The van der Waals surface area contributed by atoms with Crippen molar-refractivity contribution in [2.75, 3.05) is 6.54 Å². The van der Waals surface area contributed by atoms with Gasteiger partial charge in [0.2, 0.25) is 0 Å². The summed E-state index contributed by atoms with van der Waals surface area (Å²) in [4.78, 5) is 10.6. The van der Waals surface area contributed by atoms with Crippen molar-refractivity contribution in [2.24, 2.45) is 0 Å². The summed E-state index contributed by atoms with van der Waals surface area (Å²) in [6.07, 6.45) is 0.884. The summed E-state index contributed by atoms with van der Waals surface area (Å²) in [5, 5.41) is 14.7. The number of halogens is 1. The molecule has 110 valence electrons. The number of nitro benzene ring substituents is 1. The first-order valence-corrected chi connectivity index (χ1v) is 7.13. The van der Waals surface area contributed by atoms with Crippen molar-refractivity contribution >= 4 is 17.3 Å². The molecule has 0 bridgehead atoms. The van der Waals surface area contributed by atoms with Crippen molar-refractivity contribution < 1.29 is 4.92 Å². The Bertz CT molecular complexity index is 627. The third kappa shape index (κ3) is 4.55. The summed E-state index contributed by atoms with van der Waals surface area (Å²) >= 11 is 5.89. The lowest BCUT2D eigenvalue weighted by atomic mass is 10.1. The maximum absolute atomic E-state index is 11.0. The van der Waals surface area contributed by atoms with Crippen molar-refractivity contribution in [1.29, 1.82) is 0 Å². The first kappa shape index (κ1) is 15.5. The van der Waals surface area contributed by atoms with E-state index in [1.54, 1.807) is 6.07 Å². The Morgan fingerprint density at radius 1 is 1.19 bits per heavy atom. The highest BCUT2D eigenvalue weighted by Crippen LogP contribution is 2.22. The third-order valence-corrected chi connectivity index (χ3v) is 3.50. The number of nitrogens with zero attached hydrogens (tertiary/aromatic N) is 1. The van der Waals surface area contributed by atoms with E-state index in [2.05, 4.69) is 36.5 Å². The molecule has 21 heavy (non-hydrogen) atoms.